The van der Waals surface area contributed by atoms with Crippen molar-refractivity contribution in [2.24, 2.45) is 0 Å². The van der Waals surface area contributed by atoms with Crippen LogP contribution in [0.25, 0.3) is 11.0 Å². The van der Waals surface area contributed by atoms with Crippen LogP contribution in [-0.4, -0.2) is 39.4 Å². The molecule has 9 heteroatoms. The SMILES string of the molecule is O=C(O)C[C@H]1CCC(=O)N(CC(=O)NCc2ccc(Nc3nc4ccccc4[nH]3)cc2)c2ccccc21. The minimum atomic E-state index is -0.905. The molecule has 5 rings (SSSR count). The Morgan fingerprint density at radius 2 is 1.78 bits per heavy atom. The van der Waals surface area contributed by atoms with E-state index in [0.717, 1.165) is 27.8 Å². The van der Waals surface area contributed by atoms with Crippen LogP contribution in [0.5, 0.6) is 0 Å². The Balaban J connectivity index is 1.20. The predicted octanol–water partition coefficient (Wildman–Crippen LogP) is 4.31. The van der Waals surface area contributed by atoms with Gasteiger partial charge in [0.2, 0.25) is 17.8 Å². The number of carbonyl (C=O) groups excluding carboxylic acids is 2. The Morgan fingerprint density at radius 3 is 2.57 bits per heavy atom. The van der Waals surface area contributed by atoms with E-state index in [-0.39, 0.29) is 37.1 Å². The van der Waals surface area contributed by atoms with Gasteiger partial charge in [-0.2, -0.15) is 0 Å². The van der Waals surface area contributed by atoms with Crippen molar-refractivity contribution in [2.75, 3.05) is 16.8 Å². The Hall–Kier alpha value is -4.66. The fourth-order valence-corrected chi connectivity index (χ4v) is 4.65. The van der Waals surface area contributed by atoms with Crippen molar-refractivity contribution in [1.29, 1.82) is 0 Å². The molecule has 0 saturated heterocycles. The summed E-state index contributed by atoms with van der Waals surface area (Å²) in [6, 6.07) is 22.7. The zero-order chi connectivity index (χ0) is 25.8. The smallest absolute Gasteiger partial charge is 0.303 e. The number of aromatic amines is 1. The van der Waals surface area contributed by atoms with Gasteiger partial charge in [0.15, 0.2) is 0 Å². The van der Waals surface area contributed by atoms with Crippen molar-refractivity contribution >= 4 is 46.1 Å². The number of amides is 2. The lowest BCUT2D eigenvalue weighted by molar-refractivity contribution is -0.137. The predicted molar refractivity (Wildman–Crippen MR) is 141 cm³/mol. The molecular formula is C28H27N5O4. The van der Waals surface area contributed by atoms with E-state index in [9.17, 15) is 19.5 Å². The standard InChI is InChI=1S/C28H27N5O4/c34-25(17-33-24-8-4-1-5-21(24)19(15-27(36)37)11-14-26(33)35)29-16-18-9-12-20(13-10-18)30-28-31-22-6-2-3-7-23(22)32-28/h1-10,12-13,19H,11,14-17H2,(H,29,34)(H,36,37)(H2,30,31,32)/t19-/m1/s1. The minimum Gasteiger partial charge on any atom is -0.481 e. The number of aromatic nitrogens is 2. The fourth-order valence-electron chi connectivity index (χ4n) is 4.65. The molecule has 3 aromatic carbocycles. The van der Waals surface area contributed by atoms with Gasteiger partial charge >= 0.3 is 5.97 Å². The number of carbonyl (C=O) groups is 3. The maximum absolute atomic E-state index is 12.8. The van der Waals surface area contributed by atoms with Gasteiger partial charge in [-0.1, -0.05) is 42.5 Å². The first-order valence-corrected chi connectivity index (χ1v) is 12.1. The average molecular weight is 498 g/mol. The first kappa shape index (κ1) is 24.1. The Bertz CT molecular complexity index is 1410. The van der Waals surface area contributed by atoms with Crippen LogP contribution >= 0.6 is 0 Å². The highest BCUT2D eigenvalue weighted by Gasteiger charge is 2.30. The first-order valence-electron chi connectivity index (χ1n) is 12.1. The highest BCUT2D eigenvalue weighted by molar-refractivity contribution is 6.00. The summed E-state index contributed by atoms with van der Waals surface area (Å²) in [7, 11) is 0. The number of imidazole rings is 1. The number of benzene rings is 3. The first-order chi connectivity index (χ1) is 18.0. The lowest BCUT2D eigenvalue weighted by Crippen LogP contribution is -2.40. The summed E-state index contributed by atoms with van der Waals surface area (Å²) in [5.41, 5.74) is 4.99. The average Bonchev–Trinajstić information content (AvgIpc) is 3.26. The molecule has 9 nitrogen and oxygen atoms in total. The molecule has 2 heterocycles. The molecule has 1 aliphatic rings. The highest BCUT2D eigenvalue weighted by Crippen LogP contribution is 2.36. The molecule has 4 aromatic rings. The number of fused-ring (bicyclic) bond motifs is 2. The number of rotatable bonds is 8. The minimum absolute atomic E-state index is 0.0501. The summed E-state index contributed by atoms with van der Waals surface area (Å²) >= 11 is 0. The van der Waals surface area contributed by atoms with E-state index < -0.39 is 5.97 Å². The second kappa shape index (κ2) is 10.5. The highest BCUT2D eigenvalue weighted by atomic mass is 16.4. The maximum atomic E-state index is 12.8. The fraction of sp³-hybridized carbons (Fsp3) is 0.214. The van der Waals surface area contributed by atoms with Crippen molar-refractivity contribution in [1.82, 2.24) is 15.3 Å². The van der Waals surface area contributed by atoms with Crippen molar-refractivity contribution in [2.45, 2.75) is 31.7 Å². The number of hydrogen-bond donors (Lipinski definition) is 4. The lowest BCUT2D eigenvalue weighted by atomic mass is 9.91. The molecule has 1 atom stereocenters. The molecule has 0 radical (unpaired) electrons. The van der Waals surface area contributed by atoms with E-state index in [4.69, 9.17) is 0 Å². The second-order valence-electron chi connectivity index (χ2n) is 9.07. The van der Waals surface area contributed by atoms with Gasteiger partial charge in [0.1, 0.15) is 6.54 Å². The summed E-state index contributed by atoms with van der Waals surface area (Å²) in [5, 5.41) is 15.4. The molecule has 37 heavy (non-hydrogen) atoms. The Labute approximate surface area is 213 Å². The zero-order valence-electron chi connectivity index (χ0n) is 20.1. The summed E-state index contributed by atoms with van der Waals surface area (Å²) in [6.07, 6.45) is 0.583. The van der Waals surface area contributed by atoms with Gasteiger partial charge in [0.25, 0.3) is 0 Å². The van der Waals surface area contributed by atoms with Gasteiger partial charge in [-0.05, 0) is 53.8 Å². The molecule has 188 valence electrons. The van der Waals surface area contributed by atoms with Crippen molar-refractivity contribution in [3.63, 3.8) is 0 Å². The van der Waals surface area contributed by atoms with Crippen LogP contribution in [0, 0.1) is 0 Å². The quantitative estimate of drug-likeness (QED) is 0.287. The number of nitrogens with zero attached hydrogens (tertiary/aromatic N) is 2. The van der Waals surface area contributed by atoms with Crippen LogP contribution in [0.2, 0.25) is 0 Å². The van der Waals surface area contributed by atoms with Crippen molar-refractivity contribution in [3.05, 3.63) is 83.9 Å². The number of anilines is 3. The Kier molecular flexibility index (Phi) is 6.85. The normalized spacial score (nSPS) is 15.2. The maximum Gasteiger partial charge on any atom is 0.303 e. The molecule has 0 fully saturated rings. The number of hydrogen-bond acceptors (Lipinski definition) is 5. The third-order valence-electron chi connectivity index (χ3n) is 6.49. The third kappa shape index (κ3) is 5.61. The zero-order valence-corrected chi connectivity index (χ0v) is 20.1. The molecule has 0 spiro atoms. The largest absolute Gasteiger partial charge is 0.481 e. The van der Waals surface area contributed by atoms with E-state index in [0.29, 0.717) is 24.6 Å². The van der Waals surface area contributed by atoms with Crippen LogP contribution in [0.1, 0.15) is 36.3 Å². The molecule has 0 bridgehead atoms. The summed E-state index contributed by atoms with van der Waals surface area (Å²) in [5.74, 6) is -0.995. The van der Waals surface area contributed by atoms with E-state index in [1.54, 1.807) is 12.1 Å². The van der Waals surface area contributed by atoms with E-state index in [1.165, 1.54) is 4.90 Å². The van der Waals surface area contributed by atoms with Crippen molar-refractivity contribution < 1.29 is 19.5 Å². The molecule has 1 aliphatic heterocycles. The van der Waals surface area contributed by atoms with Crippen LogP contribution < -0.4 is 15.5 Å². The lowest BCUT2D eigenvalue weighted by Gasteiger charge is -2.23. The monoisotopic (exact) mass is 497 g/mol. The van der Waals surface area contributed by atoms with Crippen LogP contribution in [-0.2, 0) is 20.9 Å². The molecule has 0 saturated carbocycles. The number of para-hydroxylation sites is 3. The van der Waals surface area contributed by atoms with E-state index in [2.05, 4.69) is 20.6 Å². The van der Waals surface area contributed by atoms with Gasteiger partial charge in [-0.3, -0.25) is 14.4 Å². The van der Waals surface area contributed by atoms with Gasteiger partial charge in [0, 0.05) is 24.3 Å². The van der Waals surface area contributed by atoms with Gasteiger partial charge in [0.05, 0.1) is 17.5 Å². The number of H-pyrrole nitrogens is 1. The molecule has 4 N–H and O–H groups in total. The van der Waals surface area contributed by atoms with Crippen LogP contribution in [0.3, 0.4) is 0 Å². The van der Waals surface area contributed by atoms with Gasteiger partial charge in [-0.15, -0.1) is 0 Å². The van der Waals surface area contributed by atoms with Gasteiger partial charge in [-0.25, -0.2) is 4.98 Å². The number of nitrogens with one attached hydrogen (secondary N) is 3. The number of carboxylic acids is 1. The molecule has 1 aromatic heterocycles. The Morgan fingerprint density at radius 1 is 1.03 bits per heavy atom. The van der Waals surface area contributed by atoms with Crippen molar-refractivity contribution in [3.8, 4) is 0 Å². The molecule has 0 aliphatic carbocycles. The third-order valence-corrected chi connectivity index (χ3v) is 6.49. The molecule has 0 unspecified atom stereocenters. The molecular weight excluding hydrogens is 470 g/mol. The van der Waals surface area contributed by atoms with Gasteiger partial charge < -0.3 is 25.6 Å². The van der Waals surface area contributed by atoms with E-state index in [1.807, 2.05) is 60.7 Å². The molecule has 2 amide bonds. The van der Waals surface area contributed by atoms with Crippen LogP contribution in [0.15, 0.2) is 72.8 Å². The summed E-state index contributed by atoms with van der Waals surface area (Å²) in [6.45, 7) is 0.191. The summed E-state index contributed by atoms with van der Waals surface area (Å²) < 4.78 is 0. The number of carboxylic acid groups (broad SMARTS) is 1. The number of aliphatic carboxylic acids is 1. The van der Waals surface area contributed by atoms with E-state index >= 15 is 0 Å². The second-order valence-corrected chi connectivity index (χ2v) is 9.07. The van der Waals surface area contributed by atoms with Crippen LogP contribution in [0.4, 0.5) is 17.3 Å². The summed E-state index contributed by atoms with van der Waals surface area (Å²) in [4.78, 5) is 46.2. The topological polar surface area (TPSA) is 127 Å².